The Labute approximate surface area is 132 Å². The van der Waals surface area contributed by atoms with E-state index >= 15 is 0 Å². The number of hydrogen-bond acceptors (Lipinski definition) is 1. The molecule has 1 aliphatic carbocycles. The summed E-state index contributed by atoms with van der Waals surface area (Å²) in [6.45, 7) is 13.5. The molecule has 0 heterocycles. The van der Waals surface area contributed by atoms with E-state index in [4.69, 9.17) is 0 Å². The van der Waals surface area contributed by atoms with E-state index in [1.165, 1.54) is 36.8 Å². The second kappa shape index (κ2) is 11.5. The highest BCUT2D eigenvalue weighted by atomic mass is 14.7. The molecular weight excluding hydrogens is 254 g/mol. The minimum Gasteiger partial charge on any atom is -0.288 e. The Morgan fingerprint density at radius 3 is 1.95 bits per heavy atom. The maximum atomic E-state index is 4.17. The first-order valence-electron chi connectivity index (χ1n) is 8.49. The normalized spacial score (nSPS) is 17.0. The predicted octanol–water partition coefficient (Wildman–Crippen LogP) is 6.38. The van der Waals surface area contributed by atoms with Gasteiger partial charge in [-0.2, -0.15) is 0 Å². The predicted molar refractivity (Wildman–Crippen MR) is 98.2 cm³/mol. The third kappa shape index (κ3) is 8.04. The van der Waals surface area contributed by atoms with Crippen LogP contribution in [0.4, 0.5) is 0 Å². The smallest absolute Gasteiger partial charge is 0.0642 e. The molecule has 0 saturated carbocycles. The fraction of sp³-hybridized carbons (Fsp3) is 0.650. The van der Waals surface area contributed by atoms with Crippen molar-refractivity contribution in [3.05, 3.63) is 35.5 Å². The van der Waals surface area contributed by atoms with E-state index in [1.807, 2.05) is 25.3 Å². The third-order valence-corrected chi connectivity index (χ3v) is 4.27. The van der Waals surface area contributed by atoms with Crippen molar-refractivity contribution in [1.82, 2.24) is 0 Å². The number of rotatable bonds is 5. The number of allylic oxidation sites excluding steroid dienone is 6. The molecule has 1 nitrogen and oxygen atoms in total. The summed E-state index contributed by atoms with van der Waals surface area (Å²) < 4.78 is 0. The van der Waals surface area contributed by atoms with E-state index in [1.54, 1.807) is 0 Å². The summed E-state index contributed by atoms with van der Waals surface area (Å²) >= 11 is 0. The summed E-state index contributed by atoms with van der Waals surface area (Å²) in [5.41, 5.74) is 3.63. The zero-order valence-electron chi connectivity index (χ0n) is 15.2. The molecule has 0 spiro atoms. The van der Waals surface area contributed by atoms with Crippen LogP contribution in [0.2, 0.25) is 0 Å². The van der Waals surface area contributed by atoms with Gasteiger partial charge in [0.2, 0.25) is 0 Å². The Hall–Kier alpha value is -1.11. The SMILES string of the molecule is CCC(C)CC(CC)CC.CN=C1C=CC=CC1=C(C)C. The molecule has 21 heavy (non-hydrogen) atoms. The van der Waals surface area contributed by atoms with Crippen LogP contribution in [-0.2, 0) is 0 Å². The van der Waals surface area contributed by atoms with Crippen molar-refractivity contribution >= 4 is 5.71 Å². The van der Waals surface area contributed by atoms with Gasteiger partial charge in [0.1, 0.15) is 0 Å². The minimum atomic E-state index is 0.935. The van der Waals surface area contributed by atoms with Gasteiger partial charge >= 0.3 is 0 Å². The monoisotopic (exact) mass is 289 g/mol. The number of nitrogens with zero attached hydrogens (tertiary/aromatic N) is 1. The van der Waals surface area contributed by atoms with Crippen LogP contribution in [-0.4, -0.2) is 12.8 Å². The highest BCUT2D eigenvalue weighted by molar-refractivity contribution is 6.11. The van der Waals surface area contributed by atoms with Crippen LogP contribution in [0.1, 0.15) is 67.2 Å². The summed E-state index contributed by atoms with van der Waals surface area (Å²) in [5.74, 6) is 1.92. The molecule has 0 saturated heterocycles. The van der Waals surface area contributed by atoms with Gasteiger partial charge in [0.15, 0.2) is 0 Å². The molecule has 0 fully saturated rings. The molecule has 0 N–H and O–H groups in total. The van der Waals surface area contributed by atoms with Gasteiger partial charge in [-0.25, -0.2) is 0 Å². The standard InChI is InChI=1S/C10H13N.C10H22/c1-8(2)9-6-4-5-7-10(9)11-3;1-5-9(4)8-10(6-2)7-3/h4-7H,1-3H3;9-10H,5-8H2,1-4H3. The topological polar surface area (TPSA) is 12.4 Å². The molecule has 1 unspecified atom stereocenters. The van der Waals surface area contributed by atoms with Gasteiger partial charge in [-0.15, -0.1) is 0 Å². The van der Waals surface area contributed by atoms with Crippen molar-refractivity contribution in [3.63, 3.8) is 0 Å². The lowest BCUT2D eigenvalue weighted by atomic mass is 9.90. The van der Waals surface area contributed by atoms with Crippen LogP contribution in [0.3, 0.4) is 0 Å². The summed E-state index contributed by atoms with van der Waals surface area (Å²) in [7, 11) is 1.82. The molecule has 1 heteroatoms. The lowest BCUT2D eigenvalue weighted by molar-refractivity contribution is 0.364. The Kier molecular flexibility index (Phi) is 10.9. The molecule has 0 amide bonds. The van der Waals surface area contributed by atoms with E-state index in [0.717, 1.165) is 17.5 Å². The second-order valence-electron chi connectivity index (χ2n) is 6.17. The third-order valence-electron chi connectivity index (χ3n) is 4.27. The average Bonchev–Trinajstić information content (AvgIpc) is 2.52. The largest absolute Gasteiger partial charge is 0.288 e. The van der Waals surface area contributed by atoms with Gasteiger partial charge in [-0.1, -0.05) is 70.8 Å². The van der Waals surface area contributed by atoms with Gasteiger partial charge < -0.3 is 0 Å². The maximum absolute atomic E-state index is 4.17. The van der Waals surface area contributed by atoms with E-state index in [2.05, 4.69) is 52.6 Å². The van der Waals surface area contributed by atoms with Crippen molar-refractivity contribution < 1.29 is 0 Å². The zero-order chi connectivity index (χ0) is 16.3. The molecular formula is C20H35N. The number of hydrogen-bond donors (Lipinski definition) is 0. The summed E-state index contributed by atoms with van der Waals surface area (Å²) in [6.07, 6.45) is 13.7. The van der Waals surface area contributed by atoms with E-state index in [9.17, 15) is 0 Å². The minimum absolute atomic E-state index is 0.935. The molecule has 1 rings (SSSR count). The molecule has 0 aromatic rings. The summed E-state index contributed by atoms with van der Waals surface area (Å²) in [5, 5.41) is 0. The van der Waals surface area contributed by atoms with Gasteiger partial charge in [0, 0.05) is 7.05 Å². The van der Waals surface area contributed by atoms with Gasteiger partial charge in [0.05, 0.1) is 5.71 Å². The van der Waals surface area contributed by atoms with Crippen molar-refractivity contribution in [2.24, 2.45) is 16.8 Å². The van der Waals surface area contributed by atoms with Gasteiger partial charge in [0.25, 0.3) is 0 Å². The zero-order valence-corrected chi connectivity index (χ0v) is 15.2. The lowest BCUT2D eigenvalue weighted by Gasteiger charge is -2.16. The summed E-state index contributed by atoms with van der Waals surface area (Å²) in [6, 6.07) is 0. The fourth-order valence-electron chi connectivity index (χ4n) is 2.45. The number of aliphatic imine (C=N–C) groups is 1. The van der Waals surface area contributed by atoms with Crippen LogP contribution < -0.4 is 0 Å². The van der Waals surface area contributed by atoms with Crippen molar-refractivity contribution in [3.8, 4) is 0 Å². The van der Waals surface area contributed by atoms with Crippen LogP contribution in [0, 0.1) is 11.8 Å². The van der Waals surface area contributed by atoms with E-state index in [0.29, 0.717) is 0 Å². The lowest BCUT2D eigenvalue weighted by Crippen LogP contribution is -2.03. The van der Waals surface area contributed by atoms with Crippen LogP contribution in [0.5, 0.6) is 0 Å². The molecule has 0 aliphatic heterocycles. The average molecular weight is 290 g/mol. The molecule has 1 atom stereocenters. The van der Waals surface area contributed by atoms with Crippen molar-refractivity contribution in [2.45, 2.75) is 67.2 Å². The Balaban J connectivity index is 0.000000384. The highest BCUT2D eigenvalue weighted by Gasteiger charge is 2.07. The fourth-order valence-corrected chi connectivity index (χ4v) is 2.45. The molecule has 0 radical (unpaired) electrons. The van der Waals surface area contributed by atoms with Crippen molar-refractivity contribution in [2.75, 3.05) is 7.05 Å². The first kappa shape index (κ1) is 19.9. The van der Waals surface area contributed by atoms with Crippen molar-refractivity contribution in [1.29, 1.82) is 0 Å². The summed E-state index contributed by atoms with van der Waals surface area (Å²) in [4.78, 5) is 4.17. The first-order valence-corrected chi connectivity index (χ1v) is 8.49. The van der Waals surface area contributed by atoms with Gasteiger partial charge in [-0.3, -0.25) is 4.99 Å². The Morgan fingerprint density at radius 1 is 1.00 bits per heavy atom. The molecule has 120 valence electrons. The van der Waals surface area contributed by atoms with Crippen LogP contribution in [0.15, 0.2) is 40.4 Å². The maximum Gasteiger partial charge on any atom is 0.0642 e. The quantitative estimate of drug-likeness (QED) is 0.557. The molecule has 0 aromatic heterocycles. The van der Waals surface area contributed by atoms with E-state index in [-0.39, 0.29) is 0 Å². The Bertz CT molecular complexity index is 388. The molecule has 0 bridgehead atoms. The highest BCUT2D eigenvalue weighted by Crippen LogP contribution is 2.20. The molecule has 1 aliphatic rings. The molecule has 0 aromatic carbocycles. The van der Waals surface area contributed by atoms with Crippen LogP contribution in [0.25, 0.3) is 0 Å². The van der Waals surface area contributed by atoms with Crippen LogP contribution >= 0.6 is 0 Å². The first-order chi connectivity index (χ1) is 9.99. The Morgan fingerprint density at radius 2 is 1.57 bits per heavy atom. The van der Waals surface area contributed by atoms with E-state index < -0.39 is 0 Å². The van der Waals surface area contributed by atoms with Gasteiger partial charge in [-0.05, 0) is 43.8 Å². The second-order valence-corrected chi connectivity index (χ2v) is 6.17.